The summed E-state index contributed by atoms with van der Waals surface area (Å²) in [6, 6.07) is 27.6. The van der Waals surface area contributed by atoms with E-state index in [0.717, 1.165) is 30.5 Å². The molecule has 0 radical (unpaired) electrons. The summed E-state index contributed by atoms with van der Waals surface area (Å²) in [5.41, 5.74) is 4.94. The fourth-order valence-corrected chi connectivity index (χ4v) is 4.19. The van der Waals surface area contributed by atoms with Crippen molar-refractivity contribution in [3.05, 3.63) is 108 Å². The highest BCUT2D eigenvalue weighted by Crippen LogP contribution is 2.30. The number of hydrogen-bond acceptors (Lipinski definition) is 4. The second-order valence-corrected chi connectivity index (χ2v) is 7.95. The summed E-state index contributed by atoms with van der Waals surface area (Å²) < 4.78 is 0. The van der Waals surface area contributed by atoms with Crippen LogP contribution in [0, 0.1) is 0 Å². The Hall–Kier alpha value is -3.99. The van der Waals surface area contributed by atoms with E-state index in [2.05, 4.69) is 38.8 Å². The summed E-state index contributed by atoms with van der Waals surface area (Å²) in [5.74, 6) is 1.26. The summed E-state index contributed by atoms with van der Waals surface area (Å²) in [6.45, 7) is 0. The first-order valence-corrected chi connectivity index (χ1v) is 10.9. The second kappa shape index (κ2) is 9.02. The zero-order chi connectivity index (χ0) is 21.8. The van der Waals surface area contributed by atoms with Crippen LogP contribution >= 0.6 is 0 Å². The van der Waals surface area contributed by atoms with Crippen molar-refractivity contribution in [2.45, 2.75) is 25.3 Å². The number of hydrogen-bond donors (Lipinski definition) is 2. The minimum absolute atomic E-state index is 0.0550. The molecule has 1 aliphatic rings. The van der Waals surface area contributed by atoms with Gasteiger partial charge in [-0.15, -0.1) is 0 Å². The van der Waals surface area contributed by atoms with E-state index in [1.165, 1.54) is 11.1 Å². The van der Waals surface area contributed by atoms with Crippen LogP contribution in [0.1, 0.15) is 40.4 Å². The number of amides is 1. The number of fused-ring (bicyclic) bond motifs is 1. The van der Waals surface area contributed by atoms with Crippen LogP contribution in [0.4, 0.5) is 11.5 Å². The fraction of sp³-hybridized carbons (Fsp3) is 0.148. The molecule has 5 heteroatoms. The number of benzene rings is 3. The van der Waals surface area contributed by atoms with Crippen LogP contribution < -0.4 is 10.6 Å². The summed E-state index contributed by atoms with van der Waals surface area (Å²) in [7, 11) is 0. The van der Waals surface area contributed by atoms with Crippen LogP contribution in [0.5, 0.6) is 0 Å². The molecular weight excluding hydrogens is 396 g/mol. The Morgan fingerprint density at radius 1 is 0.906 bits per heavy atom. The average molecular weight is 421 g/mol. The quantitative estimate of drug-likeness (QED) is 0.435. The largest absolute Gasteiger partial charge is 0.345 e. The van der Waals surface area contributed by atoms with Crippen molar-refractivity contribution in [1.29, 1.82) is 0 Å². The third kappa shape index (κ3) is 4.37. The first-order chi connectivity index (χ1) is 15.8. The highest BCUT2D eigenvalue weighted by Gasteiger charge is 2.22. The Balaban J connectivity index is 1.32. The number of aryl methyl sites for hydroxylation is 1. The molecule has 0 saturated carbocycles. The molecule has 0 aliphatic heterocycles. The molecule has 158 valence electrons. The molecule has 5 nitrogen and oxygen atoms in total. The number of carbonyl (C=O) groups is 1. The van der Waals surface area contributed by atoms with Crippen LogP contribution in [0.2, 0.25) is 0 Å². The molecule has 2 N–H and O–H groups in total. The van der Waals surface area contributed by atoms with Gasteiger partial charge in [-0.1, -0.05) is 60.7 Å². The topological polar surface area (TPSA) is 66.9 Å². The number of anilines is 2. The minimum Gasteiger partial charge on any atom is -0.345 e. The van der Waals surface area contributed by atoms with Crippen molar-refractivity contribution in [3.8, 4) is 11.4 Å². The second-order valence-electron chi connectivity index (χ2n) is 7.95. The van der Waals surface area contributed by atoms with E-state index in [4.69, 9.17) is 0 Å². The van der Waals surface area contributed by atoms with Gasteiger partial charge in [0.15, 0.2) is 5.82 Å². The van der Waals surface area contributed by atoms with Crippen LogP contribution in [0.15, 0.2) is 91.1 Å². The molecule has 1 atom stereocenters. The van der Waals surface area contributed by atoms with E-state index < -0.39 is 0 Å². The number of nitrogens with one attached hydrogen (secondary N) is 2. The van der Waals surface area contributed by atoms with Crippen molar-refractivity contribution in [2.75, 3.05) is 5.32 Å². The normalized spacial score (nSPS) is 14.9. The molecule has 3 aromatic carbocycles. The van der Waals surface area contributed by atoms with Crippen LogP contribution in [0.3, 0.4) is 0 Å². The predicted molar refractivity (Wildman–Crippen MR) is 127 cm³/mol. The average Bonchev–Trinajstić information content (AvgIpc) is 2.85. The van der Waals surface area contributed by atoms with Gasteiger partial charge in [0.05, 0.1) is 6.04 Å². The zero-order valence-corrected chi connectivity index (χ0v) is 17.7. The first-order valence-electron chi connectivity index (χ1n) is 10.9. The number of nitrogens with zero attached hydrogens (tertiary/aromatic N) is 2. The summed E-state index contributed by atoms with van der Waals surface area (Å²) >= 11 is 0. The Bertz CT molecular complexity index is 1240. The third-order valence-corrected chi connectivity index (χ3v) is 5.76. The van der Waals surface area contributed by atoms with Gasteiger partial charge in [-0.3, -0.25) is 4.79 Å². The van der Waals surface area contributed by atoms with Crippen molar-refractivity contribution >= 4 is 17.4 Å². The van der Waals surface area contributed by atoms with Crippen molar-refractivity contribution in [1.82, 2.24) is 15.3 Å². The Kier molecular flexibility index (Phi) is 5.62. The van der Waals surface area contributed by atoms with Crippen LogP contribution in [-0.2, 0) is 6.42 Å². The molecule has 1 aromatic heterocycles. The molecule has 1 heterocycles. The lowest BCUT2D eigenvalue weighted by atomic mass is 9.87. The molecule has 5 rings (SSSR count). The molecule has 0 saturated heterocycles. The Labute approximate surface area is 187 Å². The highest BCUT2D eigenvalue weighted by molar-refractivity contribution is 5.95. The molecule has 0 bridgehead atoms. The van der Waals surface area contributed by atoms with Gasteiger partial charge in [-0.25, -0.2) is 9.97 Å². The van der Waals surface area contributed by atoms with E-state index in [9.17, 15) is 4.79 Å². The van der Waals surface area contributed by atoms with E-state index in [1.54, 1.807) is 6.20 Å². The third-order valence-electron chi connectivity index (χ3n) is 5.76. The van der Waals surface area contributed by atoms with Crippen molar-refractivity contribution < 1.29 is 4.79 Å². The van der Waals surface area contributed by atoms with Crippen LogP contribution in [-0.4, -0.2) is 15.9 Å². The maximum Gasteiger partial charge on any atom is 0.251 e. The van der Waals surface area contributed by atoms with E-state index in [1.807, 2.05) is 66.7 Å². The monoisotopic (exact) mass is 420 g/mol. The molecule has 0 spiro atoms. The minimum atomic E-state index is -0.0667. The van der Waals surface area contributed by atoms with Crippen LogP contribution in [0.25, 0.3) is 11.4 Å². The van der Waals surface area contributed by atoms with Gasteiger partial charge in [0.2, 0.25) is 0 Å². The Morgan fingerprint density at radius 3 is 2.66 bits per heavy atom. The lowest BCUT2D eigenvalue weighted by molar-refractivity contribution is 0.0933. The first kappa shape index (κ1) is 19.9. The van der Waals surface area contributed by atoms with Crippen molar-refractivity contribution in [3.63, 3.8) is 0 Å². The fourth-order valence-electron chi connectivity index (χ4n) is 4.19. The number of carbonyl (C=O) groups excluding carboxylic acids is 1. The summed E-state index contributed by atoms with van der Waals surface area (Å²) in [5, 5.41) is 6.52. The van der Waals surface area contributed by atoms with Gasteiger partial charge in [0, 0.05) is 23.0 Å². The molecule has 0 fully saturated rings. The van der Waals surface area contributed by atoms with Gasteiger partial charge in [0.1, 0.15) is 5.82 Å². The van der Waals surface area contributed by atoms with Gasteiger partial charge in [-0.2, -0.15) is 0 Å². The standard InChI is InChI=1S/C27H24N4O/c32-27(30-24-15-7-11-19-8-4-5-14-23(19)24)21-12-6-13-22(18-21)29-25-16-17-28-26(31-25)20-9-2-1-3-10-20/h1-6,8-10,12-14,16-18,24H,7,11,15H2,(H,30,32)(H,28,29,31). The summed E-state index contributed by atoms with van der Waals surface area (Å²) in [6.07, 6.45) is 4.85. The maximum absolute atomic E-state index is 13.0. The smallest absolute Gasteiger partial charge is 0.251 e. The van der Waals surface area contributed by atoms with E-state index in [0.29, 0.717) is 17.2 Å². The summed E-state index contributed by atoms with van der Waals surface area (Å²) in [4.78, 5) is 22.0. The predicted octanol–water partition coefficient (Wildman–Crippen LogP) is 5.69. The molecular formula is C27H24N4O. The lowest BCUT2D eigenvalue weighted by Crippen LogP contribution is -2.31. The molecule has 4 aromatic rings. The maximum atomic E-state index is 13.0. The van der Waals surface area contributed by atoms with Gasteiger partial charge in [-0.05, 0) is 54.7 Å². The van der Waals surface area contributed by atoms with Gasteiger partial charge < -0.3 is 10.6 Å². The Morgan fingerprint density at radius 2 is 1.75 bits per heavy atom. The highest BCUT2D eigenvalue weighted by atomic mass is 16.1. The van der Waals surface area contributed by atoms with E-state index in [-0.39, 0.29) is 11.9 Å². The number of rotatable bonds is 5. The zero-order valence-electron chi connectivity index (χ0n) is 17.7. The molecule has 1 aliphatic carbocycles. The molecule has 1 amide bonds. The van der Waals surface area contributed by atoms with Crippen molar-refractivity contribution in [2.24, 2.45) is 0 Å². The number of aromatic nitrogens is 2. The SMILES string of the molecule is O=C(NC1CCCc2ccccc21)c1cccc(Nc2ccnc(-c3ccccc3)n2)c1. The van der Waals surface area contributed by atoms with E-state index >= 15 is 0 Å². The molecule has 1 unspecified atom stereocenters. The lowest BCUT2D eigenvalue weighted by Gasteiger charge is -2.26. The van der Waals surface area contributed by atoms with Gasteiger partial charge >= 0.3 is 0 Å². The van der Waals surface area contributed by atoms with Gasteiger partial charge in [0.25, 0.3) is 5.91 Å². The molecule has 32 heavy (non-hydrogen) atoms.